The van der Waals surface area contributed by atoms with Gasteiger partial charge in [-0.25, -0.2) is 0 Å². The van der Waals surface area contributed by atoms with E-state index in [1.807, 2.05) is 0 Å². The molecule has 0 rings (SSSR count). The van der Waals surface area contributed by atoms with E-state index in [0.29, 0.717) is 12.8 Å². The molecule has 44 heavy (non-hydrogen) atoms. The van der Waals surface area contributed by atoms with Crippen LogP contribution in [0.15, 0.2) is 12.2 Å². The lowest BCUT2D eigenvalue weighted by Crippen LogP contribution is -2.28. The Balaban J connectivity index is 3.80. The van der Waals surface area contributed by atoms with Crippen LogP contribution in [0.5, 0.6) is 0 Å². The molecule has 6 nitrogen and oxygen atoms in total. The molecule has 1 atom stereocenters. The highest BCUT2D eigenvalue weighted by Crippen LogP contribution is 2.18. The summed E-state index contributed by atoms with van der Waals surface area (Å²) in [6, 6.07) is 0. The standard InChI is InChI=1S/C38H71NO5/c1-3-5-7-9-10-11-12-13-14-15-16-17-18-19-20-21-22-23-29-33-38(43)44-35(30-26-8-6-4-2)31-27-24-25-28-32-36(40)39-34-37(41)42/h13-14,35H,3-12,15-34H2,1-2H3,(H,39,40)(H,41,42)/b14-13-. The smallest absolute Gasteiger partial charge is 0.322 e. The summed E-state index contributed by atoms with van der Waals surface area (Å²) < 4.78 is 5.90. The Hall–Kier alpha value is -1.85. The van der Waals surface area contributed by atoms with Crippen LogP contribution in [0.3, 0.4) is 0 Å². The SMILES string of the molecule is CCCCCCCC/C=C\CCCCCCCCCCCC(=O)OC(CCCCCC)CCCCCCC(=O)NCC(=O)O. The fourth-order valence-electron chi connectivity index (χ4n) is 5.63. The first-order valence-electron chi connectivity index (χ1n) is 18.8. The molecule has 0 aromatic carbocycles. The van der Waals surface area contributed by atoms with Gasteiger partial charge in [0.15, 0.2) is 0 Å². The van der Waals surface area contributed by atoms with Gasteiger partial charge < -0.3 is 15.2 Å². The molecule has 2 N–H and O–H groups in total. The summed E-state index contributed by atoms with van der Waals surface area (Å²) in [6.07, 6.45) is 37.8. The van der Waals surface area contributed by atoms with Gasteiger partial charge in [-0.05, 0) is 64.2 Å². The summed E-state index contributed by atoms with van der Waals surface area (Å²) in [5.74, 6) is -1.27. The van der Waals surface area contributed by atoms with E-state index in [-0.39, 0.29) is 24.5 Å². The second kappa shape index (κ2) is 34.0. The minimum atomic E-state index is -1.02. The van der Waals surface area contributed by atoms with Crippen LogP contribution in [0.25, 0.3) is 0 Å². The number of ether oxygens (including phenoxy) is 1. The average molecular weight is 622 g/mol. The van der Waals surface area contributed by atoms with Gasteiger partial charge in [0.2, 0.25) is 5.91 Å². The van der Waals surface area contributed by atoms with Crippen LogP contribution in [0.2, 0.25) is 0 Å². The van der Waals surface area contributed by atoms with Crippen molar-refractivity contribution in [2.24, 2.45) is 0 Å². The zero-order chi connectivity index (χ0) is 32.4. The van der Waals surface area contributed by atoms with E-state index in [4.69, 9.17) is 9.84 Å². The number of hydrogen-bond donors (Lipinski definition) is 2. The zero-order valence-corrected chi connectivity index (χ0v) is 29.0. The largest absolute Gasteiger partial charge is 0.480 e. The Bertz CT molecular complexity index is 693. The third kappa shape index (κ3) is 33.1. The van der Waals surface area contributed by atoms with Crippen LogP contribution in [0, 0.1) is 0 Å². The third-order valence-electron chi connectivity index (χ3n) is 8.44. The summed E-state index contributed by atoms with van der Waals surface area (Å²) >= 11 is 0. The van der Waals surface area contributed by atoms with Gasteiger partial charge in [0, 0.05) is 12.8 Å². The quantitative estimate of drug-likeness (QED) is 0.0423. The Labute approximate surface area is 271 Å². The molecule has 0 saturated carbocycles. The maximum atomic E-state index is 12.5. The van der Waals surface area contributed by atoms with Crippen LogP contribution < -0.4 is 5.32 Å². The van der Waals surface area contributed by atoms with Gasteiger partial charge in [-0.1, -0.05) is 135 Å². The Morgan fingerprint density at radius 2 is 0.977 bits per heavy atom. The van der Waals surface area contributed by atoms with Crippen molar-refractivity contribution in [2.75, 3.05) is 6.54 Å². The molecule has 0 heterocycles. The lowest BCUT2D eigenvalue weighted by Gasteiger charge is -2.18. The summed E-state index contributed by atoms with van der Waals surface area (Å²) in [5.41, 5.74) is 0. The molecule has 0 aliphatic rings. The topological polar surface area (TPSA) is 92.7 Å². The molecule has 0 aromatic rings. The van der Waals surface area contributed by atoms with Crippen molar-refractivity contribution in [3.05, 3.63) is 12.2 Å². The molecular weight excluding hydrogens is 550 g/mol. The van der Waals surface area contributed by atoms with E-state index >= 15 is 0 Å². The zero-order valence-electron chi connectivity index (χ0n) is 29.0. The second-order valence-electron chi connectivity index (χ2n) is 12.8. The van der Waals surface area contributed by atoms with Crippen LogP contribution in [0.4, 0.5) is 0 Å². The molecule has 258 valence electrons. The minimum Gasteiger partial charge on any atom is -0.480 e. The van der Waals surface area contributed by atoms with Crippen molar-refractivity contribution in [3.63, 3.8) is 0 Å². The van der Waals surface area contributed by atoms with Crippen molar-refractivity contribution in [1.82, 2.24) is 5.32 Å². The Morgan fingerprint density at radius 3 is 1.48 bits per heavy atom. The lowest BCUT2D eigenvalue weighted by atomic mass is 10.0. The van der Waals surface area contributed by atoms with E-state index in [1.54, 1.807) is 0 Å². The van der Waals surface area contributed by atoms with Crippen LogP contribution in [-0.2, 0) is 19.1 Å². The molecule has 1 unspecified atom stereocenters. The number of carbonyl (C=O) groups excluding carboxylic acids is 2. The molecular formula is C38H71NO5. The number of carboxylic acids is 1. The Morgan fingerprint density at radius 1 is 0.568 bits per heavy atom. The van der Waals surface area contributed by atoms with E-state index in [9.17, 15) is 14.4 Å². The normalized spacial score (nSPS) is 12.0. The number of aliphatic carboxylic acids is 1. The molecule has 0 bridgehead atoms. The van der Waals surface area contributed by atoms with Gasteiger partial charge in [-0.2, -0.15) is 0 Å². The van der Waals surface area contributed by atoms with Crippen molar-refractivity contribution in [2.45, 2.75) is 206 Å². The van der Waals surface area contributed by atoms with Crippen molar-refractivity contribution in [1.29, 1.82) is 0 Å². The molecule has 6 heteroatoms. The highest BCUT2D eigenvalue weighted by Gasteiger charge is 2.14. The maximum Gasteiger partial charge on any atom is 0.322 e. The van der Waals surface area contributed by atoms with Crippen LogP contribution >= 0.6 is 0 Å². The number of allylic oxidation sites excluding steroid dienone is 2. The molecule has 0 aliphatic heterocycles. The van der Waals surface area contributed by atoms with Crippen LogP contribution in [-0.4, -0.2) is 35.6 Å². The van der Waals surface area contributed by atoms with Gasteiger partial charge in [0.25, 0.3) is 0 Å². The van der Waals surface area contributed by atoms with Crippen molar-refractivity contribution in [3.8, 4) is 0 Å². The van der Waals surface area contributed by atoms with E-state index in [1.165, 1.54) is 116 Å². The van der Waals surface area contributed by atoms with E-state index in [0.717, 1.165) is 57.8 Å². The van der Waals surface area contributed by atoms with Crippen LogP contribution in [0.1, 0.15) is 200 Å². The predicted octanol–water partition coefficient (Wildman–Crippen LogP) is 11.0. The highest BCUT2D eigenvalue weighted by atomic mass is 16.5. The van der Waals surface area contributed by atoms with Crippen molar-refractivity contribution >= 4 is 17.8 Å². The number of unbranched alkanes of at least 4 members (excludes halogenated alkanes) is 21. The summed E-state index contributed by atoms with van der Waals surface area (Å²) in [5, 5.41) is 11.0. The Kier molecular flexibility index (Phi) is 32.6. The fourth-order valence-corrected chi connectivity index (χ4v) is 5.63. The number of nitrogens with one attached hydrogen (secondary N) is 1. The number of carboxylic acid groups (broad SMARTS) is 1. The second-order valence-corrected chi connectivity index (χ2v) is 12.8. The van der Waals surface area contributed by atoms with Crippen molar-refractivity contribution < 1.29 is 24.2 Å². The summed E-state index contributed by atoms with van der Waals surface area (Å²) in [7, 11) is 0. The average Bonchev–Trinajstić information content (AvgIpc) is 3.00. The molecule has 0 spiro atoms. The van der Waals surface area contributed by atoms with E-state index in [2.05, 4.69) is 31.3 Å². The molecule has 0 saturated heterocycles. The van der Waals surface area contributed by atoms with Gasteiger partial charge in [-0.3, -0.25) is 14.4 Å². The first-order valence-corrected chi connectivity index (χ1v) is 18.8. The number of rotatable bonds is 34. The first kappa shape index (κ1) is 42.1. The molecule has 0 radical (unpaired) electrons. The fraction of sp³-hybridized carbons (Fsp3) is 0.868. The minimum absolute atomic E-state index is 0.00836. The highest BCUT2D eigenvalue weighted by molar-refractivity contribution is 5.80. The molecule has 0 aliphatic carbocycles. The predicted molar refractivity (Wildman–Crippen MR) is 185 cm³/mol. The van der Waals surface area contributed by atoms with Gasteiger partial charge in [0.1, 0.15) is 12.6 Å². The summed E-state index contributed by atoms with van der Waals surface area (Å²) in [6.45, 7) is 4.16. The first-order chi connectivity index (χ1) is 21.5. The number of hydrogen-bond acceptors (Lipinski definition) is 4. The van der Waals surface area contributed by atoms with Gasteiger partial charge in [0.05, 0.1) is 0 Å². The van der Waals surface area contributed by atoms with E-state index < -0.39 is 5.97 Å². The monoisotopic (exact) mass is 622 g/mol. The molecule has 1 amide bonds. The number of amides is 1. The lowest BCUT2D eigenvalue weighted by molar-refractivity contribution is -0.150. The number of esters is 1. The van der Waals surface area contributed by atoms with Gasteiger partial charge in [-0.15, -0.1) is 0 Å². The maximum absolute atomic E-state index is 12.5. The summed E-state index contributed by atoms with van der Waals surface area (Å²) in [4.78, 5) is 34.7. The number of carbonyl (C=O) groups is 3. The third-order valence-corrected chi connectivity index (χ3v) is 8.44. The molecule has 0 aromatic heterocycles. The molecule has 0 fully saturated rings. The van der Waals surface area contributed by atoms with Gasteiger partial charge >= 0.3 is 11.9 Å².